The van der Waals surface area contributed by atoms with E-state index in [2.05, 4.69) is 15.3 Å². The number of rotatable bonds is 3. The molecule has 1 unspecified atom stereocenters. The van der Waals surface area contributed by atoms with Gasteiger partial charge in [-0.1, -0.05) is 0 Å². The fourth-order valence-corrected chi connectivity index (χ4v) is 2.24. The molecular formula is C12H18N4O. The van der Waals surface area contributed by atoms with Crippen molar-refractivity contribution in [2.75, 3.05) is 13.1 Å². The summed E-state index contributed by atoms with van der Waals surface area (Å²) >= 11 is 0. The molecule has 3 N–H and O–H groups in total. The Hall–Kier alpha value is -1.49. The topological polar surface area (TPSA) is 80.9 Å². The zero-order valence-corrected chi connectivity index (χ0v) is 9.85. The molecule has 1 fully saturated rings. The van der Waals surface area contributed by atoms with Gasteiger partial charge in [-0.3, -0.25) is 4.79 Å². The number of amides is 1. The average molecular weight is 234 g/mol. The molecule has 1 amide bonds. The van der Waals surface area contributed by atoms with Crippen molar-refractivity contribution < 1.29 is 4.79 Å². The molecule has 2 rings (SSSR count). The minimum atomic E-state index is -0.490. The van der Waals surface area contributed by atoms with Crippen LogP contribution in [0.25, 0.3) is 0 Å². The van der Waals surface area contributed by atoms with Crippen molar-refractivity contribution in [3.8, 4) is 0 Å². The molecule has 1 aromatic heterocycles. The number of nitrogens with two attached hydrogens (primary N) is 1. The maximum absolute atomic E-state index is 11.0. The van der Waals surface area contributed by atoms with Gasteiger partial charge >= 0.3 is 0 Å². The Kier molecular flexibility index (Phi) is 4.03. The average Bonchev–Trinajstić information content (AvgIpc) is 2.58. The molecule has 0 aromatic carbocycles. The maximum Gasteiger partial charge on any atom is 0.267 e. The lowest BCUT2D eigenvalue weighted by Crippen LogP contribution is -2.16. The third-order valence-electron chi connectivity index (χ3n) is 3.17. The van der Waals surface area contributed by atoms with Crippen LogP contribution in [0.4, 0.5) is 0 Å². The highest BCUT2D eigenvalue weighted by Crippen LogP contribution is 2.18. The summed E-state index contributed by atoms with van der Waals surface area (Å²) in [5.41, 5.74) is 6.43. The Morgan fingerprint density at radius 2 is 2.29 bits per heavy atom. The van der Waals surface area contributed by atoms with Crippen molar-refractivity contribution in [2.45, 2.75) is 25.7 Å². The van der Waals surface area contributed by atoms with Crippen LogP contribution < -0.4 is 11.1 Å². The number of hydrogen-bond donors (Lipinski definition) is 2. The van der Waals surface area contributed by atoms with E-state index in [0.717, 1.165) is 31.6 Å². The molecule has 0 aliphatic carbocycles. The van der Waals surface area contributed by atoms with Gasteiger partial charge in [0.25, 0.3) is 5.91 Å². The molecule has 17 heavy (non-hydrogen) atoms. The number of aromatic nitrogens is 2. The van der Waals surface area contributed by atoms with Crippen LogP contribution in [0.5, 0.6) is 0 Å². The summed E-state index contributed by atoms with van der Waals surface area (Å²) in [4.78, 5) is 19.1. The zero-order chi connectivity index (χ0) is 12.1. The standard InChI is InChI=1S/C12H18N4O/c13-12(17)11-7-10(15-8-16-11)6-9-2-1-4-14-5-3-9/h7-9,14H,1-6H2,(H2,13,17). The van der Waals surface area contributed by atoms with Gasteiger partial charge in [0.15, 0.2) is 0 Å². The SMILES string of the molecule is NC(=O)c1cc(CC2CCCNCC2)ncn1. The van der Waals surface area contributed by atoms with Crippen molar-refractivity contribution in [3.05, 3.63) is 23.8 Å². The quantitative estimate of drug-likeness (QED) is 0.798. The van der Waals surface area contributed by atoms with E-state index in [9.17, 15) is 4.79 Å². The van der Waals surface area contributed by atoms with Crippen LogP contribution in [0.1, 0.15) is 35.4 Å². The third kappa shape index (κ3) is 3.49. The summed E-state index contributed by atoms with van der Waals surface area (Å²) in [5.74, 6) is 0.150. The van der Waals surface area contributed by atoms with Crippen LogP contribution in [-0.2, 0) is 6.42 Å². The predicted molar refractivity (Wildman–Crippen MR) is 64.5 cm³/mol. The Morgan fingerprint density at radius 1 is 1.41 bits per heavy atom. The molecule has 1 saturated heterocycles. The van der Waals surface area contributed by atoms with Crippen molar-refractivity contribution in [3.63, 3.8) is 0 Å². The number of hydrogen-bond acceptors (Lipinski definition) is 4. The number of nitrogens with one attached hydrogen (secondary N) is 1. The smallest absolute Gasteiger partial charge is 0.267 e. The molecule has 1 aliphatic rings. The van der Waals surface area contributed by atoms with E-state index in [1.807, 2.05) is 0 Å². The lowest BCUT2D eigenvalue weighted by Gasteiger charge is -2.12. The third-order valence-corrected chi connectivity index (χ3v) is 3.17. The minimum Gasteiger partial charge on any atom is -0.364 e. The summed E-state index contributed by atoms with van der Waals surface area (Å²) in [5, 5.41) is 3.39. The summed E-state index contributed by atoms with van der Waals surface area (Å²) < 4.78 is 0. The molecule has 5 nitrogen and oxygen atoms in total. The molecule has 0 spiro atoms. The van der Waals surface area contributed by atoms with Gasteiger partial charge < -0.3 is 11.1 Å². The first-order valence-electron chi connectivity index (χ1n) is 6.07. The van der Waals surface area contributed by atoms with E-state index in [-0.39, 0.29) is 0 Å². The van der Waals surface area contributed by atoms with Crippen LogP contribution in [0.15, 0.2) is 12.4 Å². The van der Waals surface area contributed by atoms with Crippen LogP contribution >= 0.6 is 0 Å². The number of primary amides is 1. The van der Waals surface area contributed by atoms with Gasteiger partial charge in [0.2, 0.25) is 0 Å². The first-order valence-corrected chi connectivity index (χ1v) is 6.07. The Bertz CT molecular complexity index is 386. The number of carbonyl (C=O) groups is 1. The van der Waals surface area contributed by atoms with Gasteiger partial charge in [0, 0.05) is 5.69 Å². The lowest BCUT2D eigenvalue weighted by molar-refractivity contribution is 0.0995. The van der Waals surface area contributed by atoms with Gasteiger partial charge in [-0.25, -0.2) is 9.97 Å². The molecule has 1 atom stereocenters. The maximum atomic E-state index is 11.0. The largest absolute Gasteiger partial charge is 0.364 e. The monoisotopic (exact) mass is 234 g/mol. The van der Waals surface area contributed by atoms with Crippen molar-refractivity contribution in [2.24, 2.45) is 11.7 Å². The highest BCUT2D eigenvalue weighted by atomic mass is 16.1. The Balaban J connectivity index is 2.01. The highest BCUT2D eigenvalue weighted by molar-refractivity contribution is 5.90. The fourth-order valence-electron chi connectivity index (χ4n) is 2.24. The Morgan fingerprint density at radius 3 is 3.12 bits per heavy atom. The molecule has 5 heteroatoms. The zero-order valence-electron chi connectivity index (χ0n) is 9.85. The molecule has 1 aromatic rings. The van der Waals surface area contributed by atoms with Gasteiger partial charge in [-0.15, -0.1) is 0 Å². The first-order chi connectivity index (χ1) is 8.25. The molecule has 92 valence electrons. The second kappa shape index (κ2) is 5.72. The highest BCUT2D eigenvalue weighted by Gasteiger charge is 2.14. The summed E-state index contributed by atoms with van der Waals surface area (Å²) in [6, 6.07) is 1.71. The van der Waals surface area contributed by atoms with Crippen LogP contribution in [0.3, 0.4) is 0 Å². The molecule has 0 saturated carbocycles. The van der Waals surface area contributed by atoms with Crippen molar-refractivity contribution in [1.29, 1.82) is 0 Å². The molecule has 0 radical (unpaired) electrons. The normalized spacial score (nSPS) is 20.8. The van der Waals surface area contributed by atoms with Crippen LogP contribution in [-0.4, -0.2) is 29.0 Å². The number of nitrogens with zero attached hydrogens (tertiary/aromatic N) is 2. The van der Waals surface area contributed by atoms with E-state index in [1.54, 1.807) is 6.07 Å². The van der Waals surface area contributed by atoms with Gasteiger partial charge in [0.1, 0.15) is 12.0 Å². The van der Waals surface area contributed by atoms with Gasteiger partial charge in [-0.05, 0) is 50.8 Å². The number of carbonyl (C=O) groups excluding carboxylic acids is 1. The molecule has 0 bridgehead atoms. The van der Waals surface area contributed by atoms with Gasteiger partial charge in [0.05, 0.1) is 0 Å². The Labute approximate surface area is 101 Å². The predicted octanol–water partition coefficient (Wildman–Crippen LogP) is 0.508. The summed E-state index contributed by atoms with van der Waals surface area (Å²) in [7, 11) is 0. The minimum absolute atomic E-state index is 0.307. The molecular weight excluding hydrogens is 216 g/mol. The van der Waals surface area contributed by atoms with E-state index in [0.29, 0.717) is 11.6 Å². The van der Waals surface area contributed by atoms with Crippen LogP contribution in [0, 0.1) is 5.92 Å². The fraction of sp³-hybridized carbons (Fsp3) is 0.583. The molecule has 2 heterocycles. The van der Waals surface area contributed by atoms with E-state index in [1.165, 1.54) is 19.2 Å². The van der Waals surface area contributed by atoms with Gasteiger partial charge in [-0.2, -0.15) is 0 Å². The van der Waals surface area contributed by atoms with Crippen molar-refractivity contribution >= 4 is 5.91 Å². The van der Waals surface area contributed by atoms with E-state index in [4.69, 9.17) is 5.73 Å². The molecule has 1 aliphatic heterocycles. The van der Waals surface area contributed by atoms with E-state index >= 15 is 0 Å². The van der Waals surface area contributed by atoms with E-state index < -0.39 is 5.91 Å². The summed E-state index contributed by atoms with van der Waals surface area (Å²) in [6.45, 7) is 2.17. The lowest BCUT2D eigenvalue weighted by atomic mass is 9.95. The summed E-state index contributed by atoms with van der Waals surface area (Å²) in [6.07, 6.45) is 5.91. The van der Waals surface area contributed by atoms with Crippen LogP contribution in [0.2, 0.25) is 0 Å². The first kappa shape index (κ1) is 12.0. The second-order valence-electron chi connectivity index (χ2n) is 4.51. The van der Waals surface area contributed by atoms with Crippen molar-refractivity contribution in [1.82, 2.24) is 15.3 Å². The second-order valence-corrected chi connectivity index (χ2v) is 4.51.